The summed E-state index contributed by atoms with van der Waals surface area (Å²) in [6.45, 7) is 2.30. The first-order chi connectivity index (χ1) is 11.2. The van der Waals surface area contributed by atoms with Gasteiger partial charge in [-0.3, -0.25) is 0 Å². The summed E-state index contributed by atoms with van der Waals surface area (Å²) in [6, 6.07) is 7.94. The van der Waals surface area contributed by atoms with Crippen LogP contribution in [0.2, 0.25) is 0 Å². The number of amides is 1. The average molecular weight is 353 g/mol. The van der Waals surface area contributed by atoms with Crippen LogP contribution in [0.3, 0.4) is 0 Å². The lowest BCUT2D eigenvalue weighted by molar-refractivity contribution is 0.124. The molecule has 2 heterocycles. The number of ether oxygens (including phenoxy) is 1. The van der Waals surface area contributed by atoms with Crippen LogP contribution in [0.5, 0.6) is 5.75 Å². The molecule has 1 aromatic carbocycles. The van der Waals surface area contributed by atoms with E-state index in [4.69, 9.17) is 9.84 Å². The zero-order valence-corrected chi connectivity index (χ0v) is 14.0. The number of carboxylic acid groups (broad SMARTS) is 1. The van der Waals surface area contributed by atoms with Crippen molar-refractivity contribution in [1.82, 2.24) is 19.8 Å². The van der Waals surface area contributed by atoms with Gasteiger partial charge in [-0.25, -0.2) is 9.78 Å². The minimum Gasteiger partial charge on any atom is -0.494 e. The molecule has 0 radical (unpaired) electrons. The predicted octanol–water partition coefficient (Wildman–Crippen LogP) is 2.01. The van der Waals surface area contributed by atoms with Gasteiger partial charge in [-0.2, -0.15) is 0 Å². The molecular weight excluding hydrogens is 332 g/mol. The van der Waals surface area contributed by atoms with Gasteiger partial charge in [0.25, 0.3) is 0 Å². The summed E-state index contributed by atoms with van der Waals surface area (Å²) in [6.07, 6.45) is 5.29. The third-order valence-electron chi connectivity index (χ3n) is 3.90. The average Bonchev–Trinajstić information content (AvgIpc) is 3.10. The number of imidazole rings is 1. The highest BCUT2D eigenvalue weighted by Gasteiger charge is 2.22. The number of rotatable bonds is 5. The van der Waals surface area contributed by atoms with Crippen LogP contribution in [-0.2, 0) is 0 Å². The quantitative estimate of drug-likeness (QED) is 0.860. The molecule has 0 saturated carbocycles. The molecule has 1 atom stereocenters. The van der Waals surface area contributed by atoms with E-state index in [1.165, 1.54) is 4.90 Å². The van der Waals surface area contributed by atoms with E-state index in [1.54, 1.807) is 12.5 Å². The van der Waals surface area contributed by atoms with Crippen LogP contribution in [0.25, 0.3) is 5.69 Å². The fraction of sp³-hybridized carbons (Fsp3) is 0.375. The number of aromatic nitrogens is 2. The van der Waals surface area contributed by atoms with E-state index in [0.717, 1.165) is 17.9 Å². The molecule has 3 rings (SSSR count). The van der Waals surface area contributed by atoms with Crippen molar-refractivity contribution in [3.05, 3.63) is 43.0 Å². The zero-order valence-electron chi connectivity index (χ0n) is 13.2. The zero-order chi connectivity index (χ0) is 16.1. The number of nitrogens with one attached hydrogen (secondary N) is 1. The number of halogens is 1. The predicted molar refractivity (Wildman–Crippen MR) is 92.3 cm³/mol. The number of benzene rings is 1. The molecule has 1 aliphatic heterocycles. The van der Waals surface area contributed by atoms with E-state index < -0.39 is 6.09 Å². The second-order valence-corrected chi connectivity index (χ2v) is 5.48. The van der Waals surface area contributed by atoms with Crippen molar-refractivity contribution in [1.29, 1.82) is 0 Å². The SMILES string of the molecule is Cl.O=C(O)N1CCN[C@H](CCOc2ccc(-n3ccnc3)cc2)C1. The maximum Gasteiger partial charge on any atom is 0.407 e. The van der Waals surface area contributed by atoms with Crippen LogP contribution >= 0.6 is 12.4 Å². The monoisotopic (exact) mass is 352 g/mol. The largest absolute Gasteiger partial charge is 0.494 e. The lowest BCUT2D eigenvalue weighted by Crippen LogP contribution is -2.52. The Morgan fingerprint density at radius 2 is 2.17 bits per heavy atom. The van der Waals surface area contributed by atoms with Gasteiger partial charge in [0.05, 0.1) is 12.9 Å². The van der Waals surface area contributed by atoms with Crippen molar-refractivity contribution < 1.29 is 14.6 Å². The smallest absolute Gasteiger partial charge is 0.407 e. The standard InChI is InChI=1S/C16H20N4O3.ClH/c21-16(22)19-9-7-18-13(11-19)5-10-23-15-3-1-14(2-4-15)20-8-6-17-12-20;/h1-4,6,8,12-13,18H,5,7,9-11H2,(H,21,22);1H/t13-;/m1./s1. The maximum atomic E-state index is 11.0. The Kier molecular flexibility index (Phi) is 6.45. The second kappa shape index (κ2) is 8.56. The molecule has 2 aromatic rings. The van der Waals surface area contributed by atoms with Crippen molar-refractivity contribution >= 4 is 18.5 Å². The Morgan fingerprint density at radius 1 is 1.38 bits per heavy atom. The van der Waals surface area contributed by atoms with Gasteiger partial charge in [0.2, 0.25) is 0 Å². The molecule has 0 aliphatic carbocycles. The molecule has 7 nitrogen and oxygen atoms in total. The number of hydrogen-bond acceptors (Lipinski definition) is 4. The molecule has 1 fully saturated rings. The summed E-state index contributed by atoms with van der Waals surface area (Å²) in [7, 11) is 0. The van der Waals surface area contributed by atoms with Gasteiger partial charge in [0, 0.05) is 43.8 Å². The Hall–Kier alpha value is -2.25. The number of carbonyl (C=O) groups is 1. The lowest BCUT2D eigenvalue weighted by Gasteiger charge is -2.31. The van der Waals surface area contributed by atoms with E-state index in [-0.39, 0.29) is 18.4 Å². The minimum absolute atomic E-state index is 0. The normalized spacial score (nSPS) is 17.2. The van der Waals surface area contributed by atoms with Gasteiger partial charge >= 0.3 is 6.09 Å². The summed E-state index contributed by atoms with van der Waals surface area (Å²) >= 11 is 0. The summed E-state index contributed by atoms with van der Waals surface area (Å²) < 4.78 is 7.67. The first kappa shape index (κ1) is 18.1. The van der Waals surface area contributed by atoms with Gasteiger partial charge in [0.1, 0.15) is 5.75 Å². The van der Waals surface area contributed by atoms with E-state index in [1.807, 2.05) is 35.0 Å². The van der Waals surface area contributed by atoms with E-state index >= 15 is 0 Å². The molecule has 8 heteroatoms. The molecule has 1 aliphatic rings. The first-order valence-electron chi connectivity index (χ1n) is 7.65. The highest BCUT2D eigenvalue weighted by Crippen LogP contribution is 2.15. The fourth-order valence-corrected chi connectivity index (χ4v) is 2.64. The molecule has 0 spiro atoms. The molecular formula is C16H21ClN4O3. The van der Waals surface area contributed by atoms with Crippen molar-refractivity contribution in [2.45, 2.75) is 12.5 Å². The van der Waals surface area contributed by atoms with Crippen LogP contribution in [0.4, 0.5) is 4.79 Å². The molecule has 24 heavy (non-hydrogen) atoms. The Balaban J connectivity index is 0.00000208. The van der Waals surface area contributed by atoms with Crippen molar-refractivity contribution in [2.75, 3.05) is 26.2 Å². The topological polar surface area (TPSA) is 79.6 Å². The van der Waals surface area contributed by atoms with Crippen molar-refractivity contribution in [3.8, 4) is 11.4 Å². The molecule has 1 saturated heterocycles. The van der Waals surface area contributed by atoms with Crippen LogP contribution in [0, 0.1) is 0 Å². The fourth-order valence-electron chi connectivity index (χ4n) is 2.64. The maximum absolute atomic E-state index is 11.0. The Bertz CT molecular complexity index is 633. The number of nitrogens with zero attached hydrogens (tertiary/aromatic N) is 3. The third kappa shape index (κ3) is 4.62. The van der Waals surface area contributed by atoms with Crippen molar-refractivity contribution in [2.24, 2.45) is 0 Å². The molecule has 0 bridgehead atoms. The van der Waals surface area contributed by atoms with Gasteiger partial charge in [0.15, 0.2) is 0 Å². The molecule has 1 amide bonds. The molecule has 1 aromatic heterocycles. The van der Waals surface area contributed by atoms with E-state index in [2.05, 4.69) is 10.3 Å². The highest BCUT2D eigenvalue weighted by molar-refractivity contribution is 5.85. The Labute approximate surface area is 146 Å². The van der Waals surface area contributed by atoms with E-state index in [0.29, 0.717) is 26.2 Å². The van der Waals surface area contributed by atoms with E-state index in [9.17, 15) is 4.79 Å². The lowest BCUT2D eigenvalue weighted by atomic mass is 10.1. The summed E-state index contributed by atoms with van der Waals surface area (Å²) in [4.78, 5) is 16.5. The van der Waals surface area contributed by atoms with Gasteiger partial charge < -0.3 is 24.6 Å². The molecule has 130 valence electrons. The minimum atomic E-state index is -0.854. The second-order valence-electron chi connectivity index (χ2n) is 5.48. The first-order valence-corrected chi connectivity index (χ1v) is 7.65. The highest BCUT2D eigenvalue weighted by atomic mass is 35.5. The van der Waals surface area contributed by atoms with Crippen LogP contribution in [0.1, 0.15) is 6.42 Å². The Morgan fingerprint density at radius 3 is 2.83 bits per heavy atom. The van der Waals surface area contributed by atoms with Crippen LogP contribution in [0.15, 0.2) is 43.0 Å². The molecule has 0 unspecified atom stereocenters. The van der Waals surface area contributed by atoms with Gasteiger partial charge in [-0.1, -0.05) is 0 Å². The number of hydrogen-bond donors (Lipinski definition) is 2. The summed E-state index contributed by atoms with van der Waals surface area (Å²) in [5, 5.41) is 12.3. The summed E-state index contributed by atoms with van der Waals surface area (Å²) in [5.74, 6) is 0.805. The van der Waals surface area contributed by atoms with Gasteiger partial charge in [-0.15, -0.1) is 12.4 Å². The van der Waals surface area contributed by atoms with Crippen molar-refractivity contribution in [3.63, 3.8) is 0 Å². The van der Waals surface area contributed by atoms with Crippen LogP contribution in [-0.4, -0.2) is 57.9 Å². The molecule has 2 N–H and O–H groups in total. The number of piperazine rings is 1. The summed E-state index contributed by atoms with van der Waals surface area (Å²) in [5.41, 5.74) is 1.03. The van der Waals surface area contributed by atoms with Gasteiger partial charge in [-0.05, 0) is 30.7 Å². The van der Waals surface area contributed by atoms with Crippen LogP contribution < -0.4 is 10.1 Å². The third-order valence-corrected chi connectivity index (χ3v) is 3.90.